The first-order valence-corrected chi connectivity index (χ1v) is 7.57. The van der Waals surface area contributed by atoms with Crippen LogP contribution in [-0.4, -0.2) is 29.7 Å². The van der Waals surface area contributed by atoms with Crippen LogP contribution in [-0.2, 0) is 15.9 Å². The van der Waals surface area contributed by atoms with Gasteiger partial charge in [0.1, 0.15) is 0 Å². The van der Waals surface area contributed by atoms with Crippen LogP contribution in [0.15, 0.2) is 18.2 Å². The van der Waals surface area contributed by atoms with Gasteiger partial charge in [-0.05, 0) is 43.4 Å². The lowest BCUT2D eigenvalue weighted by Gasteiger charge is -2.41. The zero-order valence-corrected chi connectivity index (χ0v) is 12.4. The Labute approximate surface area is 120 Å². The predicted molar refractivity (Wildman–Crippen MR) is 77.7 cm³/mol. The fourth-order valence-corrected chi connectivity index (χ4v) is 3.52. The molecule has 1 aromatic carbocycles. The van der Waals surface area contributed by atoms with Crippen LogP contribution in [0, 0.1) is 13.8 Å². The Kier molecular flexibility index (Phi) is 3.61. The third kappa shape index (κ3) is 2.62. The zero-order chi connectivity index (χ0) is 14.2. The lowest BCUT2D eigenvalue weighted by Crippen LogP contribution is -2.45. The first-order chi connectivity index (χ1) is 9.52. The number of ether oxygens (including phenoxy) is 2. The first kappa shape index (κ1) is 14.1. The van der Waals surface area contributed by atoms with E-state index in [2.05, 4.69) is 32.0 Å². The van der Waals surface area contributed by atoms with Crippen molar-refractivity contribution in [3.8, 4) is 0 Å². The van der Waals surface area contributed by atoms with Crippen LogP contribution in [0.4, 0.5) is 0 Å². The summed E-state index contributed by atoms with van der Waals surface area (Å²) in [4.78, 5) is 0. The molecule has 1 spiro atoms. The van der Waals surface area contributed by atoms with Crippen LogP contribution in [0.25, 0.3) is 0 Å². The largest absolute Gasteiger partial charge is 0.390 e. The van der Waals surface area contributed by atoms with Crippen LogP contribution < -0.4 is 0 Å². The molecule has 3 rings (SSSR count). The SMILES string of the molecule is Cc1cccc(C)c1CC1(O)CCC2(CC1)OCCO2. The maximum absolute atomic E-state index is 10.9. The van der Waals surface area contributed by atoms with Crippen molar-refractivity contribution in [3.05, 3.63) is 34.9 Å². The summed E-state index contributed by atoms with van der Waals surface area (Å²) in [6.45, 7) is 5.63. The van der Waals surface area contributed by atoms with Crippen molar-refractivity contribution in [1.82, 2.24) is 0 Å². The van der Waals surface area contributed by atoms with E-state index in [0.717, 1.165) is 32.1 Å². The molecule has 1 N–H and O–H groups in total. The molecule has 110 valence electrons. The Morgan fingerprint density at radius 2 is 1.55 bits per heavy atom. The third-order valence-electron chi connectivity index (χ3n) is 4.91. The molecule has 1 aliphatic heterocycles. The van der Waals surface area contributed by atoms with Gasteiger partial charge in [0, 0.05) is 19.3 Å². The standard InChI is InChI=1S/C17H24O3/c1-13-4-3-5-14(2)15(13)12-16(18)6-8-17(9-7-16)19-10-11-20-17/h3-5,18H,6-12H2,1-2H3. The molecular formula is C17H24O3. The van der Waals surface area contributed by atoms with Gasteiger partial charge >= 0.3 is 0 Å². The van der Waals surface area contributed by atoms with E-state index >= 15 is 0 Å². The van der Waals surface area contributed by atoms with E-state index in [0.29, 0.717) is 13.2 Å². The van der Waals surface area contributed by atoms with Gasteiger partial charge in [-0.25, -0.2) is 0 Å². The smallest absolute Gasteiger partial charge is 0.168 e. The molecule has 1 aromatic rings. The number of aryl methyl sites for hydroxylation is 2. The van der Waals surface area contributed by atoms with Crippen molar-refractivity contribution in [3.63, 3.8) is 0 Å². The van der Waals surface area contributed by atoms with Crippen molar-refractivity contribution in [2.24, 2.45) is 0 Å². The van der Waals surface area contributed by atoms with Gasteiger partial charge in [-0.3, -0.25) is 0 Å². The van der Waals surface area contributed by atoms with E-state index in [9.17, 15) is 5.11 Å². The van der Waals surface area contributed by atoms with Gasteiger partial charge in [0.2, 0.25) is 0 Å². The highest BCUT2D eigenvalue weighted by Gasteiger charge is 2.45. The average molecular weight is 276 g/mol. The maximum Gasteiger partial charge on any atom is 0.168 e. The quantitative estimate of drug-likeness (QED) is 0.902. The minimum absolute atomic E-state index is 0.396. The molecular weight excluding hydrogens is 252 g/mol. The Morgan fingerprint density at radius 1 is 1.00 bits per heavy atom. The molecule has 0 aromatic heterocycles. The monoisotopic (exact) mass is 276 g/mol. The Bertz CT molecular complexity index is 459. The van der Waals surface area contributed by atoms with E-state index in [-0.39, 0.29) is 0 Å². The van der Waals surface area contributed by atoms with Crippen molar-refractivity contribution in [2.45, 2.75) is 57.3 Å². The third-order valence-corrected chi connectivity index (χ3v) is 4.91. The van der Waals surface area contributed by atoms with Gasteiger partial charge in [0.05, 0.1) is 18.8 Å². The number of aliphatic hydroxyl groups is 1. The number of rotatable bonds is 2. The summed E-state index contributed by atoms with van der Waals surface area (Å²) in [5.41, 5.74) is 3.22. The second-order valence-corrected chi connectivity index (χ2v) is 6.38. The Morgan fingerprint density at radius 3 is 2.10 bits per heavy atom. The Balaban J connectivity index is 1.72. The molecule has 1 saturated carbocycles. The second-order valence-electron chi connectivity index (χ2n) is 6.38. The highest BCUT2D eigenvalue weighted by Crippen LogP contribution is 2.42. The van der Waals surface area contributed by atoms with Crippen LogP contribution in [0.3, 0.4) is 0 Å². The van der Waals surface area contributed by atoms with Gasteiger partial charge in [-0.1, -0.05) is 18.2 Å². The van der Waals surface area contributed by atoms with Crippen molar-refractivity contribution in [2.75, 3.05) is 13.2 Å². The summed E-state index contributed by atoms with van der Waals surface area (Å²) in [7, 11) is 0. The van der Waals surface area contributed by atoms with Crippen LogP contribution in [0.2, 0.25) is 0 Å². The summed E-state index contributed by atoms with van der Waals surface area (Å²) in [6.07, 6.45) is 3.84. The molecule has 1 saturated heterocycles. The molecule has 0 unspecified atom stereocenters. The van der Waals surface area contributed by atoms with E-state index in [1.165, 1.54) is 16.7 Å². The first-order valence-electron chi connectivity index (χ1n) is 7.57. The lowest BCUT2D eigenvalue weighted by atomic mass is 9.76. The Hall–Kier alpha value is -0.900. The number of benzene rings is 1. The number of hydrogen-bond acceptors (Lipinski definition) is 3. The van der Waals surface area contributed by atoms with Crippen LogP contribution in [0.1, 0.15) is 42.4 Å². The van der Waals surface area contributed by atoms with E-state index in [1.54, 1.807) is 0 Å². The summed E-state index contributed by atoms with van der Waals surface area (Å²) >= 11 is 0. The predicted octanol–water partition coefficient (Wildman–Crippen LogP) is 2.89. The fourth-order valence-electron chi connectivity index (χ4n) is 3.52. The highest BCUT2D eigenvalue weighted by atomic mass is 16.7. The number of hydrogen-bond donors (Lipinski definition) is 1. The van der Waals surface area contributed by atoms with Gasteiger partial charge < -0.3 is 14.6 Å². The minimum atomic E-state index is -0.614. The summed E-state index contributed by atoms with van der Waals surface area (Å²) in [6, 6.07) is 6.33. The summed E-state index contributed by atoms with van der Waals surface area (Å²) in [5.74, 6) is -0.396. The van der Waals surface area contributed by atoms with E-state index in [4.69, 9.17) is 9.47 Å². The van der Waals surface area contributed by atoms with Gasteiger partial charge in [-0.15, -0.1) is 0 Å². The summed E-state index contributed by atoms with van der Waals surface area (Å²) < 4.78 is 11.5. The molecule has 0 atom stereocenters. The van der Waals surface area contributed by atoms with E-state index in [1.807, 2.05) is 0 Å². The topological polar surface area (TPSA) is 38.7 Å². The molecule has 1 aliphatic carbocycles. The van der Waals surface area contributed by atoms with E-state index < -0.39 is 11.4 Å². The molecule has 20 heavy (non-hydrogen) atoms. The van der Waals surface area contributed by atoms with Crippen molar-refractivity contribution >= 4 is 0 Å². The normalized spacial score (nSPS) is 24.1. The van der Waals surface area contributed by atoms with Crippen molar-refractivity contribution < 1.29 is 14.6 Å². The van der Waals surface area contributed by atoms with Gasteiger partial charge in [0.25, 0.3) is 0 Å². The molecule has 0 bridgehead atoms. The molecule has 3 nitrogen and oxygen atoms in total. The molecule has 3 heteroatoms. The van der Waals surface area contributed by atoms with Crippen LogP contribution >= 0.6 is 0 Å². The maximum atomic E-state index is 10.9. The molecule has 2 fully saturated rings. The fraction of sp³-hybridized carbons (Fsp3) is 0.647. The summed E-state index contributed by atoms with van der Waals surface area (Å²) in [5, 5.41) is 10.9. The average Bonchev–Trinajstić information content (AvgIpc) is 2.88. The highest BCUT2D eigenvalue weighted by molar-refractivity contribution is 5.34. The zero-order valence-electron chi connectivity index (χ0n) is 12.4. The molecule has 1 heterocycles. The minimum Gasteiger partial charge on any atom is -0.390 e. The van der Waals surface area contributed by atoms with Crippen molar-refractivity contribution in [1.29, 1.82) is 0 Å². The van der Waals surface area contributed by atoms with Gasteiger partial charge in [-0.2, -0.15) is 0 Å². The lowest BCUT2D eigenvalue weighted by molar-refractivity contribution is -0.202. The molecule has 0 amide bonds. The molecule has 2 aliphatic rings. The molecule has 0 radical (unpaired) electrons. The van der Waals surface area contributed by atoms with Crippen LogP contribution in [0.5, 0.6) is 0 Å². The second kappa shape index (κ2) is 5.14. The van der Waals surface area contributed by atoms with Gasteiger partial charge in [0.15, 0.2) is 5.79 Å².